The molecule has 3 rings (SSSR count). The molecule has 0 bridgehead atoms. The van der Waals surface area contributed by atoms with Crippen LogP contribution in [-0.4, -0.2) is 15.7 Å². The van der Waals surface area contributed by atoms with Crippen LogP contribution in [-0.2, 0) is 19.4 Å². The zero-order chi connectivity index (χ0) is 12.8. The van der Waals surface area contributed by atoms with E-state index in [1.807, 2.05) is 0 Å². The molecule has 2 aliphatic carbocycles. The van der Waals surface area contributed by atoms with Crippen molar-refractivity contribution < 1.29 is 0 Å². The van der Waals surface area contributed by atoms with Crippen LogP contribution in [0.4, 0.5) is 0 Å². The highest BCUT2D eigenvalue weighted by molar-refractivity contribution is 6.18. The van der Waals surface area contributed by atoms with Crippen LogP contribution >= 0.6 is 11.6 Å². The van der Waals surface area contributed by atoms with Gasteiger partial charge in [0.1, 0.15) is 0 Å². The van der Waals surface area contributed by atoms with Crippen molar-refractivity contribution in [3.05, 3.63) is 17.5 Å². The van der Waals surface area contributed by atoms with Gasteiger partial charge in [0.2, 0.25) is 0 Å². The van der Waals surface area contributed by atoms with Gasteiger partial charge in [0.15, 0.2) is 0 Å². The van der Waals surface area contributed by atoms with Gasteiger partial charge in [-0.15, -0.1) is 11.6 Å². The maximum Gasteiger partial charge on any atom is 0.0624 e. The predicted octanol–water partition coefficient (Wildman–Crippen LogP) is 3.66. The summed E-state index contributed by atoms with van der Waals surface area (Å²) in [4.78, 5) is 0. The number of rotatable bonds is 5. The van der Waals surface area contributed by atoms with Gasteiger partial charge in [0.25, 0.3) is 0 Å². The summed E-state index contributed by atoms with van der Waals surface area (Å²) in [6, 6.07) is 2.29. The fraction of sp³-hybridized carbons (Fsp3) is 0.800. The summed E-state index contributed by atoms with van der Waals surface area (Å²) in [5, 5.41) is 4.66. The number of alkyl halides is 1. The third-order valence-corrected chi connectivity index (χ3v) is 5.44. The zero-order valence-corrected chi connectivity index (χ0v) is 12.2. The fourth-order valence-electron chi connectivity index (χ4n) is 3.79. The second kappa shape index (κ2) is 4.56. The van der Waals surface area contributed by atoms with Gasteiger partial charge >= 0.3 is 0 Å². The highest BCUT2D eigenvalue weighted by atomic mass is 35.5. The van der Waals surface area contributed by atoms with Crippen LogP contribution in [0.2, 0.25) is 0 Å². The molecule has 2 atom stereocenters. The summed E-state index contributed by atoms with van der Waals surface area (Å²) in [6.45, 7) is 5.32. The maximum atomic E-state index is 6.31. The van der Waals surface area contributed by atoms with Crippen molar-refractivity contribution in [2.24, 2.45) is 17.3 Å². The standard InChI is InChI=1S/C15H23ClN2/c1-3-13-6-14(18(4-2)17-13)9-15(10-16)7-11-5-12(11)8-15/h6,11-12H,3-5,7-10H2,1-2H3. The molecule has 2 saturated carbocycles. The second-order valence-corrected chi connectivity index (χ2v) is 6.54. The van der Waals surface area contributed by atoms with E-state index in [0.717, 1.165) is 37.1 Å². The van der Waals surface area contributed by atoms with E-state index in [-0.39, 0.29) is 0 Å². The highest BCUT2D eigenvalue weighted by Gasteiger charge is 2.53. The summed E-state index contributed by atoms with van der Waals surface area (Å²) in [5.74, 6) is 2.80. The molecule has 3 heteroatoms. The Labute approximate surface area is 115 Å². The van der Waals surface area contributed by atoms with E-state index in [0.29, 0.717) is 5.41 Å². The quantitative estimate of drug-likeness (QED) is 0.744. The van der Waals surface area contributed by atoms with Crippen molar-refractivity contribution in [1.29, 1.82) is 0 Å². The lowest BCUT2D eigenvalue weighted by atomic mass is 9.80. The minimum absolute atomic E-state index is 0.368. The van der Waals surface area contributed by atoms with Crippen LogP contribution in [0.5, 0.6) is 0 Å². The molecule has 0 spiro atoms. The van der Waals surface area contributed by atoms with Gasteiger partial charge < -0.3 is 0 Å². The van der Waals surface area contributed by atoms with Gasteiger partial charge in [-0.2, -0.15) is 5.10 Å². The van der Waals surface area contributed by atoms with Crippen LogP contribution in [0.25, 0.3) is 0 Å². The van der Waals surface area contributed by atoms with E-state index < -0.39 is 0 Å². The smallest absolute Gasteiger partial charge is 0.0624 e. The van der Waals surface area contributed by atoms with E-state index in [2.05, 4.69) is 29.7 Å². The van der Waals surface area contributed by atoms with Crippen LogP contribution in [0.3, 0.4) is 0 Å². The molecule has 0 aromatic carbocycles. The van der Waals surface area contributed by atoms with E-state index in [1.165, 1.54) is 30.7 Å². The minimum Gasteiger partial charge on any atom is -0.270 e. The lowest BCUT2D eigenvalue weighted by Gasteiger charge is -2.28. The van der Waals surface area contributed by atoms with E-state index in [1.54, 1.807) is 0 Å². The van der Waals surface area contributed by atoms with Gasteiger partial charge in [-0.3, -0.25) is 4.68 Å². The average molecular weight is 267 g/mol. The molecule has 0 radical (unpaired) electrons. The van der Waals surface area contributed by atoms with Gasteiger partial charge in [0.05, 0.1) is 5.69 Å². The molecule has 0 N–H and O–H groups in total. The largest absolute Gasteiger partial charge is 0.270 e. The van der Waals surface area contributed by atoms with E-state index in [9.17, 15) is 0 Å². The number of hydrogen-bond donors (Lipinski definition) is 0. The molecule has 0 saturated heterocycles. The van der Waals surface area contributed by atoms with Gasteiger partial charge in [-0.05, 0) is 62.3 Å². The Bertz CT molecular complexity index is 428. The first-order valence-electron chi connectivity index (χ1n) is 7.31. The Balaban J connectivity index is 1.80. The Kier molecular flexibility index (Phi) is 3.17. The van der Waals surface area contributed by atoms with E-state index in [4.69, 9.17) is 11.6 Å². The van der Waals surface area contributed by atoms with E-state index >= 15 is 0 Å². The summed E-state index contributed by atoms with van der Waals surface area (Å²) >= 11 is 6.31. The number of halogens is 1. The normalized spacial score (nSPS) is 33.7. The Hall–Kier alpha value is -0.500. The molecule has 2 nitrogen and oxygen atoms in total. The second-order valence-electron chi connectivity index (χ2n) is 6.27. The maximum absolute atomic E-state index is 6.31. The molecule has 2 aliphatic rings. The molecule has 2 fully saturated rings. The number of aromatic nitrogens is 2. The van der Waals surface area contributed by atoms with Crippen molar-refractivity contribution in [2.75, 3.05) is 5.88 Å². The van der Waals surface area contributed by atoms with Crippen LogP contribution in [0.15, 0.2) is 6.07 Å². The lowest BCUT2D eigenvalue weighted by molar-refractivity contribution is 0.294. The Morgan fingerprint density at radius 3 is 2.67 bits per heavy atom. The predicted molar refractivity (Wildman–Crippen MR) is 75.0 cm³/mol. The molecular formula is C15H23ClN2. The molecule has 2 unspecified atom stereocenters. The number of aryl methyl sites for hydroxylation is 2. The summed E-state index contributed by atoms with van der Waals surface area (Å²) in [7, 11) is 0. The topological polar surface area (TPSA) is 17.8 Å². The third-order valence-electron chi connectivity index (χ3n) is 4.87. The van der Waals surface area contributed by atoms with Crippen LogP contribution < -0.4 is 0 Å². The summed E-state index contributed by atoms with van der Waals surface area (Å²) < 4.78 is 2.18. The molecule has 1 heterocycles. The summed E-state index contributed by atoms with van der Waals surface area (Å²) in [5.41, 5.74) is 2.99. The van der Waals surface area contributed by atoms with Crippen LogP contribution in [0, 0.1) is 17.3 Å². The zero-order valence-electron chi connectivity index (χ0n) is 11.5. The first kappa shape index (κ1) is 12.5. The average Bonchev–Trinajstić information content (AvgIpc) is 2.86. The lowest BCUT2D eigenvalue weighted by Crippen LogP contribution is -2.25. The Morgan fingerprint density at radius 1 is 1.39 bits per heavy atom. The van der Waals surface area contributed by atoms with Gasteiger partial charge in [-0.1, -0.05) is 6.92 Å². The van der Waals surface area contributed by atoms with Crippen molar-refractivity contribution in [3.8, 4) is 0 Å². The SMILES string of the molecule is CCc1cc(CC2(CCl)CC3CC3C2)n(CC)n1. The molecule has 100 valence electrons. The van der Waals surface area contributed by atoms with Gasteiger partial charge in [-0.25, -0.2) is 0 Å². The first-order valence-corrected chi connectivity index (χ1v) is 7.84. The molecule has 1 aromatic heterocycles. The third kappa shape index (κ3) is 2.09. The fourth-order valence-corrected chi connectivity index (χ4v) is 4.11. The Morgan fingerprint density at radius 2 is 2.11 bits per heavy atom. The summed E-state index contributed by atoms with van der Waals surface area (Å²) in [6.07, 6.45) is 6.31. The number of hydrogen-bond acceptors (Lipinski definition) is 1. The monoisotopic (exact) mass is 266 g/mol. The first-order chi connectivity index (χ1) is 8.69. The van der Waals surface area contributed by atoms with Gasteiger partial charge in [0, 0.05) is 18.1 Å². The molecule has 18 heavy (non-hydrogen) atoms. The van der Waals surface area contributed by atoms with Crippen molar-refractivity contribution in [1.82, 2.24) is 9.78 Å². The van der Waals surface area contributed by atoms with Crippen LogP contribution in [0.1, 0.15) is 44.5 Å². The molecule has 0 amide bonds. The highest BCUT2D eigenvalue weighted by Crippen LogP contribution is 2.61. The van der Waals surface area contributed by atoms with Crippen molar-refractivity contribution >= 4 is 11.6 Å². The van der Waals surface area contributed by atoms with Crippen molar-refractivity contribution in [2.45, 2.75) is 52.5 Å². The molecule has 1 aromatic rings. The molecular weight excluding hydrogens is 244 g/mol. The minimum atomic E-state index is 0.368. The number of nitrogens with zero attached hydrogens (tertiary/aromatic N) is 2. The molecule has 0 aliphatic heterocycles. The van der Waals surface area contributed by atoms with Crippen molar-refractivity contribution in [3.63, 3.8) is 0 Å². The number of fused-ring (bicyclic) bond motifs is 1.